The lowest BCUT2D eigenvalue weighted by Gasteiger charge is -2.22. The average molecular weight is 346 g/mol. The van der Waals surface area contributed by atoms with Gasteiger partial charge in [-0.15, -0.1) is 5.10 Å². The van der Waals surface area contributed by atoms with Gasteiger partial charge in [0.15, 0.2) is 5.69 Å². The molecule has 0 saturated carbocycles. The molecule has 0 unspecified atom stereocenters. The van der Waals surface area contributed by atoms with Crippen molar-refractivity contribution in [3.8, 4) is 0 Å². The molecule has 9 nitrogen and oxygen atoms in total. The number of nitrogens with one attached hydrogen (secondary N) is 2. The molecule has 0 aliphatic carbocycles. The van der Waals surface area contributed by atoms with Crippen LogP contribution in [-0.4, -0.2) is 77.7 Å². The quantitative estimate of drug-likeness (QED) is 0.689. The molecular weight excluding hydrogens is 326 g/mol. The van der Waals surface area contributed by atoms with Crippen LogP contribution in [0, 0.1) is 0 Å². The second kappa shape index (κ2) is 7.51. The Hall–Kier alpha value is -2.30. The number of carbonyl (C=O) groups excluding carboxylic acids is 2. The number of halogens is 2. The zero-order chi connectivity index (χ0) is 17.7. The number of rotatable bonds is 6. The van der Waals surface area contributed by atoms with E-state index in [9.17, 15) is 18.4 Å². The van der Waals surface area contributed by atoms with Crippen molar-refractivity contribution in [2.45, 2.75) is 24.9 Å². The summed E-state index contributed by atoms with van der Waals surface area (Å²) in [5.74, 6) is -3.38. The number of amides is 3. The average Bonchev–Trinajstić information content (AvgIpc) is 3.11. The van der Waals surface area contributed by atoms with E-state index in [2.05, 4.69) is 20.9 Å². The van der Waals surface area contributed by atoms with Gasteiger partial charge in [-0.3, -0.25) is 4.79 Å². The van der Waals surface area contributed by atoms with Crippen LogP contribution in [0.15, 0.2) is 6.20 Å². The Bertz CT molecular complexity index is 594. The van der Waals surface area contributed by atoms with E-state index in [0.717, 1.165) is 4.90 Å². The number of ether oxygens (including phenoxy) is 1. The lowest BCUT2D eigenvalue weighted by Crippen LogP contribution is -2.43. The summed E-state index contributed by atoms with van der Waals surface area (Å²) >= 11 is 0. The molecule has 0 radical (unpaired) electrons. The summed E-state index contributed by atoms with van der Waals surface area (Å²) < 4.78 is 33.3. The molecule has 24 heavy (non-hydrogen) atoms. The molecule has 1 atom stereocenters. The summed E-state index contributed by atoms with van der Waals surface area (Å²) in [6.45, 7) is 0.0668. The summed E-state index contributed by atoms with van der Waals surface area (Å²) in [4.78, 5) is 24.6. The van der Waals surface area contributed by atoms with Crippen molar-refractivity contribution in [1.29, 1.82) is 0 Å². The standard InChI is InChI=1S/C13H20F2N6O3/c1-16-12(23)21-8-13(14,15)5-9(21)6-20-7-10(18-19-20)11(22)17-3-4-24-2/h7,9H,3-6,8H2,1-2H3,(H,16,23)(H,17,22)/t9-/m0/s1. The Labute approximate surface area is 137 Å². The van der Waals surface area contributed by atoms with Crippen LogP contribution >= 0.6 is 0 Å². The summed E-state index contributed by atoms with van der Waals surface area (Å²) in [5.41, 5.74) is 0.0716. The molecule has 0 aromatic carbocycles. The van der Waals surface area contributed by atoms with Gasteiger partial charge in [0, 0.05) is 27.1 Å². The van der Waals surface area contributed by atoms with E-state index in [1.165, 1.54) is 25.0 Å². The number of nitrogens with zero attached hydrogens (tertiary/aromatic N) is 4. The number of alkyl halides is 2. The summed E-state index contributed by atoms with van der Waals surface area (Å²) in [6, 6.07) is -1.30. The number of carbonyl (C=O) groups is 2. The van der Waals surface area contributed by atoms with Gasteiger partial charge in [-0.2, -0.15) is 0 Å². The zero-order valence-corrected chi connectivity index (χ0v) is 13.5. The second-order valence-corrected chi connectivity index (χ2v) is 5.47. The lowest BCUT2D eigenvalue weighted by atomic mass is 10.2. The van der Waals surface area contributed by atoms with Gasteiger partial charge in [-0.25, -0.2) is 18.3 Å². The molecule has 1 aromatic rings. The molecule has 1 aliphatic heterocycles. The van der Waals surface area contributed by atoms with Crippen molar-refractivity contribution in [3.05, 3.63) is 11.9 Å². The van der Waals surface area contributed by atoms with Crippen LogP contribution in [0.3, 0.4) is 0 Å². The summed E-state index contributed by atoms with van der Waals surface area (Å²) in [6.07, 6.45) is 0.899. The maximum Gasteiger partial charge on any atom is 0.317 e. The summed E-state index contributed by atoms with van der Waals surface area (Å²) in [7, 11) is 2.89. The number of hydrogen-bond donors (Lipinski definition) is 2. The predicted octanol–water partition coefficient (Wildman–Crippen LogP) is -0.297. The zero-order valence-electron chi connectivity index (χ0n) is 13.5. The van der Waals surface area contributed by atoms with Crippen LogP contribution in [0.2, 0.25) is 0 Å². The molecular formula is C13H20F2N6O3. The Morgan fingerprint density at radius 3 is 2.92 bits per heavy atom. The smallest absolute Gasteiger partial charge is 0.317 e. The molecule has 1 aliphatic rings. The van der Waals surface area contributed by atoms with Crippen molar-refractivity contribution in [2.75, 3.05) is 33.9 Å². The van der Waals surface area contributed by atoms with Crippen LogP contribution < -0.4 is 10.6 Å². The topological polar surface area (TPSA) is 101 Å². The SMILES string of the molecule is CNC(=O)N1CC(F)(F)C[C@H]1Cn1cc(C(=O)NCCOC)nn1. The van der Waals surface area contributed by atoms with Gasteiger partial charge in [0.25, 0.3) is 11.8 Å². The fourth-order valence-corrected chi connectivity index (χ4v) is 2.51. The first-order valence-corrected chi connectivity index (χ1v) is 7.40. The van der Waals surface area contributed by atoms with Crippen molar-refractivity contribution in [2.24, 2.45) is 0 Å². The lowest BCUT2D eigenvalue weighted by molar-refractivity contribution is 0.0146. The Morgan fingerprint density at radius 2 is 2.25 bits per heavy atom. The van der Waals surface area contributed by atoms with Gasteiger partial charge in [0.05, 0.1) is 31.9 Å². The monoisotopic (exact) mass is 346 g/mol. The van der Waals surface area contributed by atoms with E-state index < -0.39 is 36.9 Å². The second-order valence-electron chi connectivity index (χ2n) is 5.47. The molecule has 1 fully saturated rings. The highest BCUT2D eigenvalue weighted by molar-refractivity contribution is 5.91. The number of aromatic nitrogens is 3. The molecule has 2 heterocycles. The van der Waals surface area contributed by atoms with Crippen molar-refractivity contribution >= 4 is 11.9 Å². The van der Waals surface area contributed by atoms with Crippen LogP contribution in [0.1, 0.15) is 16.9 Å². The van der Waals surface area contributed by atoms with E-state index in [1.54, 1.807) is 0 Å². The Balaban J connectivity index is 2.00. The third-order valence-electron chi connectivity index (χ3n) is 3.61. The highest BCUT2D eigenvalue weighted by atomic mass is 19.3. The third kappa shape index (κ3) is 4.37. The van der Waals surface area contributed by atoms with E-state index in [0.29, 0.717) is 13.2 Å². The normalized spacial score (nSPS) is 19.3. The minimum Gasteiger partial charge on any atom is -0.383 e. The molecule has 2 N–H and O–H groups in total. The highest BCUT2D eigenvalue weighted by Crippen LogP contribution is 2.32. The van der Waals surface area contributed by atoms with Gasteiger partial charge < -0.3 is 20.3 Å². The molecule has 3 amide bonds. The van der Waals surface area contributed by atoms with Gasteiger partial charge in [-0.1, -0.05) is 5.21 Å². The first-order chi connectivity index (χ1) is 11.4. The number of methoxy groups -OCH3 is 1. The van der Waals surface area contributed by atoms with E-state index in [1.807, 2.05) is 0 Å². The minimum absolute atomic E-state index is 0.0291. The molecule has 11 heteroatoms. The van der Waals surface area contributed by atoms with E-state index in [-0.39, 0.29) is 12.2 Å². The first-order valence-electron chi connectivity index (χ1n) is 7.40. The Morgan fingerprint density at radius 1 is 1.50 bits per heavy atom. The number of likely N-dealkylation sites (tertiary alicyclic amines) is 1. The maximum atomic E-state index is 13.6. The predicted molar refractivity (Wildman–Crippen MR) is 78.7 cm³/mol. The van der Waals surface area contributed by atoms with Crippen molar-refractivity contribution in [1.82, 2.24) is 30.5 Å². The highest BCUT2D eigenvalue weighted by Gasteiger charge is 2.47. The molecule has 1 aromatic heterocycles. The molecule has 0 spiro atoms. The van der Waals surface area contributed by atoms with Gasteiger partial charge in [-0.05, 0) is 0 Å². The Kier molecular flexibility index (Phi) is 5.65. The van der Waals surface area contributed by atoms with Crippen LogP contribution in [-0.2, 0) is 11.3 Å². The molecule has 2 rings (SSSR count). The fourth-order valence-electron chi connectivity index (χ4n) is 2.51. The van der Waals surface area contributed by atoms with Crippen molar-refractivity contribution in [3.63, 3.8) is 0 Å². The van der Waals surface area contributed by atoms with Gasteiger partial charge in [0.2, 0.25) is 0 Å². The first kappa shape index (κ1) is 18.0. The maximum absolute atomic E-state index is 13.6. The van der Waals surface area contributed by atoms with Gasteiger partial charge in [0.1, 0.15) is 0 Å². The van der Waals surface area contributed by atoms with Crippen LogP contribution in [0.5, 0.6) is 0 Å². The van der Waals surface area contributed by atoms with Crippen molar-refractivity contribution < 1.29 is 23.1 Å². The largest absolute Gasteiger partial charge is 0.383 e. The molecule has 1 saturated heterocycles. The number of hydrogen-bond acceptors (Lipinski definition) is 5. The minimum atomic E-state index is -2.95. The van der Waals surface area contributed by atoms with E-state index >= 15 is 0 Å². The van der Waals surface area contributed by atoms with Crippen LogP contribution in [0.4, 0.5) is 13.6 Å². The molecule has 0 bridgehead atoms. The number of urea groups is 1. The summed E-state index contributed by atoms with van der Waals surface area (Å²) in [5, 5.41) is 12.4. The third-order valence-corrected chi connectivity index (χ3v) is 3.61. The molecule has 134 valence electrons. The fraction of sp³-hybridized carbons (Fsp3) is 0.692. The van der Waals surface area contributed by atoms with E-state index in [4.69, 9.17) is 4.74 Å². The van der Waals surface area contributed by atoms with Crippen LogP contribution in [0.25, 0.3) is 0 Å². The van der Waals surface area contributed by atoms with Gasteiger partial charge >= 0.3 is 6.03 Å².